The Morgan fingerprint density at radius 3 is 2.67 bits per heavy atom. The van der Waals surface area contributed by atoms with Crippen LogP contribution in [0.2, 0.25) is 0 Å². The summed E-state index contributed by atoms with van der Waals surface area (Å²) in [5.41, 5.74) is 2.15. The Morgan fingerprint density at radius 2 is 1.90 bits per heavy atom. The van der Waals surface area contributed by atoms with Crippen LogP contribution in [0.1, 0.15) is 11.1 Å². The van der Waals surface area contributed by atoms with Gasteiger partial charge in [0.15, 0.2) is 11.5 Å². The number of halogens is 1. The number of fused-ring (bicyclic) bond motifs is 1. The molecule has 4 heteroatoms. The summed E-state index contributed by atoms with van der Waals surface area (Å²) >= 11 is 3.51. The zero-order valence-electron chi connectivity index (χ0n) is 11.9. The fraction of sp³-hybridized carbons (Fsp3) is 0.176. The van der Waals surface area contributed by atoms with E-state index in [2.05, 4.69) is 28.1 Å². The van der Waals surface area contributed by atoms with Crippen LogP contribution in [0.4, 0.5) is 0 Å². The van der Waals surface area contributed by atoms with Crippen molar-refractivity contribution in [3.63, 3.8) is 0 Å². The molecule has 2 aromatic carbocycles. The van der Waals surface area contributed by atoms with Crippen molar-refractivity contribution >= 4 is 21.7 Å². The van der Waals surface area contributed by atoms with Gasteiger partial charge in [-0.05, 0) is 52.2 Å². The average Bonchev–Trinajstić information content (AvgIpc) is 2.53. The molecule has 0 atom stereocenters. The summed E-state index contributed by atoms with van der Waals surface area (Å²) in [7, 11) is 3.24. The van der Waals surface area contributed by atoms with Gasteiger partial charge in [0, 0.05) is 5.56 Å². The van der Waals surface area contributed by atoms with Gasteiger partial charge >= 0.3 is 0 Å². The van der Waals surface area contributed by atoms with Gasteiger partial charge in [-0.1, -0.05) is 18.2 Å². The predicted octanol–water partition coefficient (Wildman–Crippen LogP) is 4.44. The van der Waals surface area contributed by atoms with Crippen LogP contribution in [0.25, 0.3) is 5.76 Å². The minimum absolute atomic E-state index is 0.672. The van der Waals surface area contributed by atoms with Crippen LogP contribution in [0, 0.1) is 0 Å². The van der Waals surface area contributed by atoms with Crippen LogP contribution in [0.3, 0.4) is 0 Å². The predicted molar refractivity (Wildman–Crippen MR) is 86.0 cm³/mol. The van der Waals surface area contributed by atoms with Gasteiger partial charge in [0.05, 0.1) is 18.7 Å². The number of benzene rings is 2. The molecule has 2 aromatic rings. The minimum atomic E-state index is 0.672. The van der Waals surface area contributed by atoms with Crippen LogP contribution < -0.4 is 14.2 Å². The molecular weight excluding hydrogens is 332 g/mol. The van der Waals surface area contributed by atoms with E-state index in [0.717, 1.165) is 28.0 Å². The lowest BCUT2D eigenvalue weighted by molar-refractivity contribution is 0.352. The Hall–Kier alpha value is -1.94. The zero-order valence-corrected chi connectivity index (χ0v) is 13.4. The lowest BCUT2D eigenvalue weighted by Crippen LogP contribution is -2.04. The third-order valence-electron chi connectivity index (χ3n) is 3.42. The molecule has 0 fully saturated rings. The number of allylic oxidation sites excluding steroid dienone is 1. The monoisotopic (exact) mass is 346 g/mol. The number of hydrogen-bond acceptors (Lipinski definition) is 3. The van der Waals surface area contributed by atoms with E-state index in [1.165, 1.54) is 5.56 Å². The summed E-state index contributed by atoms with van der Waals surface area (Å²) < 4.78 is 17.5. The molecule has 108 valence electrons. The summed E-state index contributed by atoms with van der Waals surface area (Å²) in [4.78, 5) is 0. The first kappa shape index (κ1) is 14.0. The summed E-state index contributed by atoms with van der Waals surface area (Å²) in [6.07, 6.45) is 2.94. The quantitative estimate of drug-likeness (QED) is 0.822. The molecule has 1 aliphatic rings. The molecule has 3 nitrogen and oxygen atoms in total. The van der Waals surface area contributed by atoms with Crippen molar-refractivity contribution in [1.82, 2.24) is 0 Å². The number of para-hydroxylation sites is 1. The molecule has 21 heavy (non-hydrogen) atoms. The van der Waals surface area contributed by atoms with E-state index < -0.39 is 0 Å². The number of ether oxygens (including phenoxy) is 3. The van der Waals surface area contributed by atoms with Crippen molar-refractivity contribution in [2.45, 2.75) is 6.42 Å². The third kappa shape index (κ3) is 2.63. The number of rotatable bonds is 3. The molecule has 3 rings (SSSR count). The molecule has 0 aliphatic carbocycles. The molecule has 0 saturated carbocycles. The average molecular weight is 347 g/mol. The van der Waals surface area contributed by atoms with Gasteiger partial charge in [-0.3, -0.25) is 0 Å². The van der Waals surface area contributed by atoms with Gasteiger partial charge < -0.3 is 14.2 Å². The highest BCUT2D eigenvalue weighted by atomic mass is 79.9. The summed E-state index contributed by atoms with van der Waals surface area (Å²) in [5.74, 6) is 3.08. The minimum Gasteiger partial charge on any atom is -0.493 e. The van der Waals surface area contributed by atoms with E-state index in [4.69, 9.17) is 14.2 Å². The van der Waals surface area contributed by atoms with Crippen molar-refractivity contribution in [2.75, 3.05) is 14.2 Å². The lowest BCUT2D eigenvalue weighted by atomic mass is 10.0. The van der Waals surface area contributed by atoms with Gasteiger partial charge in [0.25, 0.3) is 0 Å². The van der Waals surface area contributed by atoms with Crippen molar-refractivity contribution < 1.29 is 14.2 Å². The Balaban J connectivity index is 1.99. The van der Waals surface area contributed by atoms with Crippen LogP contribution in [0.15, 0.2) is 46.9 Å². The maximum absolute atomic E-state index is 5.99. The van der Waals surface area contributed by atoms with Crippen molar-refractivity contribution in [3.05, 3.63) is 58.1 Å². The SMILES string of the molecule is COc1cc(C2=CCc3ccccc3O2)cc(Br)c1OC. The lowest BCUT2D eigenvalue weighted by Gasteiger charge is -2.19. The van der Waals surface area contributed by atoms with Gasteiger partial charge in [0.1, 0.15) is 11.5 Å². The van der Waals surface area contributed by atoms with Crippen LogP contribution in [0.5, 0.6) is 17.2 Å². The first-order valence-electron chi connectivity index (χ1n) is 6.60. The molecule has 0 spiro atoms. The van der Waals surface area contributed by atoms with Crippen molar-refractivity contribution in [1.29, 1.82) is 0 Å². The van der Waals surface area contributed by atoms with Crippen molar-refractivity contribution in [2.24, 2.45) is 0 Å². The molecule has 0 radical (unpaired) electrons. The van der Waals surface area contributed by atoms with Gasteiger partial charge in [-0.2, -0.15) is 0 Å². The molecule has 1 heterocycles. The second-order valence-electron chi connectivity index (χ2n) is 4.68. The van der Waals surface area contributed by atoms with E-state index in [1.807, 2.05) is 30.3 Å². The van der Waals surface area contributed by atoms with Gasteiger partial charge in [-0.15, -0.1) is 0 Å². The van der Waals surface area contributed by atoms with Gasteiger partial charge in [0.2, 0.25) is 0 Å². The van der Waals surface area contributed by atoms with Gasteiger partial charge in [-0.25, -0.2) is 0 Å². The fourth-order valence-electron chi connectivity index (χ4n) is 2.37. The summed E-state index contributed by atoms with van der Waals surface area (Å²) in [6, 6.07) is 12.0. The maximum atomic E-state index is 5.99. The summed E-state index contributed by atoms with van der Waals surface area (Å²) in [5, 5.41) is 0. The maximum Gasteiger partial charge on any atom is 0.174 e. The van der Waals surface area contributed by atoms with E-state index in [1.54, 1.807) is 14.2 Å². The summed E-state index contributed by atoms with van der Waals surface area (Å²) in [6.45, 7) is 0. The molecule has 0 bridgehead atoms. The Bertz CT molecular complexity index is 707. The number of hydrogen-bond donors (Lipinski definition) is 0. The molecule has 1 aliphatic heterocycles. The number of methoxy groups -OCH3 is 2. The highest BCUT2D eigenvalue weighted by Gasteiger charge is 2.17. The highest BCUT2D eigenvalue weighted by Crippen LogP contribution is 2.39. The zero-order chi connectivity index (χ0) is 14.8. The first-order chi connectivity index (χ1) is 10.2. The van der Waals surface area contributed by atoms with Crippen molar-refractivity contribution in [3.8, 4) is 17.2 Å². The third-order valence-corrected chi connectivity index (χ3v) is 4.01. The van der Waals surface area contributed by atoms with E-state index in [9.17, 15) is 0 Å². The molecule has 0 N–H and O–H groups in total. The van der Waals surface area contributed by atoms with E-state index in [-0.39, 0.29) is 0 Å². The topological polar surface area (TPSA) is 27.7 Å². The van der Waals surface area contributed by atoms with Crippen LogP contribution in [-0.2, 0) is 6.42 Å². The standard InChI is InChI=1S/C17H15BrO3/c1-19-16-10-12(9-13(18)17(16)20-2)15-8-7-11-5-3-4-6-14(11)21-15/h3-6,8-10H,7H2,1-2H3. The van der Waals surface area contributed by atoms with E-state index in [0.29, 0.717) is 11.5 Å². The second-order valence-corrected chi connectivity index (χ2v) is 5.53. The highest BCUT2D eigenvalue weighted by molar-refractivity contribution is 9.10. The molecule has 0 amide bonds. The molecule has 0 aromatic heterocycles. The second kappa shape index (κ2) is 5.82. The van der Waals surface area contributed by atoms with E-state index >= 15 is 0 Å². The molecular formula is C17H15BrO3. The first-order valence-corrected chi connectivity index (χ1v) is 7.40. The molecule has 0 saturated heterocycles. The Labute approximate surface area is 132 Å². The Kier molecular flexibility index (Phi) is 3.88. The molecule has 0 unspecified atom stereocenters. The van der Waals surface area contributed by atoms with Crippen LogP contribution >= 0.6 is 15.9 Å². The largest absolute Gasteiger partial charge is 0.493 e. The van der Waals surface area contributed by atoms with Crippen LogP contribution in [-0.4, -0.2) is 14.2 Å². The fourth-order valence-corrected chi connectivity index (χ4v) is 2.98. The normalized spacial score (nSPS) is 13.0. The Morgan fingerprint density at radius 1 is 1.10 bits per heavy atom. The smallest absolute Gasteiger partial charge is 0.174 e.